The van der Waals surface area contributed by atoms with Gasteiger partial charge in [-0.25, -0.2) is 0 Å². The number of aromatic nitrogens is 1. The SMILES string of the molecule is NCCc1c[nH]c2ccc(C3=CCC(=O)NC3)c(Cl)c12. The van der Waals surface area contributed by atoms with E-state index in [0.29, 0.717) is 19.5 Å². The average molecular weight is 290 g/mol. The van der Waals surface area contributed by atoms with Gasteiger partial charge in [0.25, 0.3) is 0 Å². The zero-order chi connectivity index (χ0) is 14.1. The zero-order valence-electron chi connectivity index (χ0n) is 11.0. The molecule has 5 heteroatoms. The summed E-state index contributed by atoms with van der Waals surface area (Å²) in [5.74, 6) is 0.0522. The van der Waals surface area contributed by atoms with Gasteiger partial charge >= 0.3 is 0 Å². The Bertz CT molecular complexity index is 702. The molecule has 1 amide bonds. The summed E-state index contributed by atoms with van der Waals surface area (Å²) in [5, 5.41) is 4.61. The van der Waals surface area contributed by atoms with Crippen molar-refractivity contribution in [3.63, 3.8) is 0 Å². The van der Waals surface area contributed by atoms with E-state index < -0.39 is 0 Å². The summed E-state index contributed by atoms with van der Waals surface area (Å²) >= 11 is 6.58. The van der Waals surface area contributed by atoms with Crippen LogP contribution in [0.1, 0.15) is 17.5 Å². The van der Waals surface area contributed by atoms with Gasteiger partial charge in [-0.3, -0.25) is 4.79 Å². The Morgan fingerprint density at radius 2 is 2.20 bits per heavy atom. The van der Waals surface area contributed by atoms with Crippen LogP contribution in [0.2, 0.25) is 5.02 Å². The smallest absolute Gasteiger partial charge is 0.224 e. The normalized spacial score (nSPS) is 15.3. The number of H-pyrrole nitrogens is 1. The van der Waals surface area contributed by atoms with E-state index >= 15 is 0 Å². The number of hydrogen-bond donors (Lipinski definition) is 3. The van der Waals surface area contributed by atoms with Crippen LogP contribution in [-0.4, -0.2) is 24.0 Å². The van der Waals surface area contributed by atoms with E-state index in [1.54, 1.807) is 0 Å². The van der Waals surface area contributed by atoms with Crippen LogP contribution in [-0.2, 0) is 11.2 Å². The molecule has 1 aliphatic heterocycles. The number of carbonyl (C=O) groups excluding carboxylic acids is 1. The molecule has 104 valence electrons. The van der Waals surface area contributed by atoms with Gasteiger partial charge in [0.2, 0.25) is 5.91 Å². The molecule has 0 saturated heterocycles. The number of hydrogen-bond acceptors (Lipinski definition) is 2. The van der Waals surface area contributed by atoms with Crippen molar-refractivity contribution in [2.24, 2.45) is 5.73 Å². The highest BCUT2D eigenvalue weighted by molar-refractivity contribution is 6.37. The van der Waals surface area contributed by atoms with E-state index in [1.807, 2.05) is 24.4 Å². The Kier molecular flexibility index (Phi) is 3.51. The molecule has 1 aliphatic rings. The molecule has 0 atom stereocenters. The van der Waals surface area contributed by atoms with Crippen LogP contribution in [0.25, 0.3) is 16.5 Å². The van der Waals surface area contributed by atoms with Crippen LogP contribution >= 0.6 is 11.6 Å². The fraction of sp³-hybridized carbons (Fsp3) is 0.267. The summed E-state index contributed by atoms with van der Waals surface area (Å²) in [4.78, 5) is 14.4. The maximum absolute atomic E-state index is 11.2. The third kappa shape index (κ3) is 2.21. The van der Waals surface area contributed by atoms with Crippen LogP contribution in [0.3, 0.4) is 0 Å². The molecule has 1 aromatic carbocycles. The van der Waals surface area contributed by atoms with Crippen LogP contribution in [0, 0.1) is 0 Å². The monoisotopic (exact) mass is 289 g/mol. The lowest BCUT2D eigenvalue weighted by atomic mass is 9.99. The van der Waals surface area contributed by atoms with Gasteiger partial charge in [-0.15, -0.1) is 0 Å². The molecule has 0 spiro atoms. The first-order valence-corrected chi connectivity index (χ1v) is 7.03. The Morgan fingerprint density at radius 3 is 2.90 bits per heavy atom. The minimum atomic E-state index is 0.0522. The van der Waals surface area contributed by atoms with Crippen molar-refractivity contribution in [1.29, 1.82) is 0 Å². The third-order valence-corrected chi connectivity index (χ3v) is 4.03. The predicted molar refractivity (Wildman–Crippen MR) is 81.7 cm³/mol. The molecule has 4 nitrogen and oxygen atoms in total. The molecule has 0 unspecified atom stereocenters. The molecular weight excluding hydrogens is 274 g/mol. The number of rotatable bonds is 3. The van der Waals surface area contributed by atoms with Crippen LogP contribution in [0.4, 0.5) is 0 Å². The third-order valence-electron chi connectivity index (χ3n) is 3.63. The molecule has 3 rings (SSSR count). The summed E-state index contributed by atoms with van der Waals surface area (Å²) < 4.78 is 0. The summed E-state index contributed by atoms with van der Waals surface area (Å²) in [6, 6.07) is 4.02. The van der Waals surface area contributed by atoms with Crippen molar-refractivity contribution in [2.45, 2.75) is 12.8 Å². The molecule has 1 aromatic heterocycles. The molecule has 0 bridgehead atoms. The van der Waals surface area contributed by atoms with Crippen LogP contribution in [0.5, 0.6) is 0 Å². The molecule has 0 radical (unpaired) electrons. The number of carbonyl (C=O) groups is 1. The fourth-order valence-electron chi connectivity index (χ4n) is 2.61. The molecular formula is C15H16ClN3O. The second kappa shape index (κ2) is 5.31. The first kappa shape index (κ1) is 13.2. The van der Waals surface area contributed by atoms with Crippen molar-refractivity contribution in [2.75, 3.05) is 13.1 Å². The lowest BCUT2D eigenvalue weighted by molar-refractivity contribution is -0.120. The second-order valence-electron chi connectivity index (χ2n) is 4.91. The highest BCUT2D eigenvalue weighted by atomic mass is 35.5. The van der Waals surface area contributed by atoms with Crippen molar-refractivity contribution >= 4 is 34.0 Å². The fourth-order valence-corrected chi connectivity index (χ4v) is 3.01. The van der Waals surface area contributed by atoms with Gasteiger partial charge in [0.1, 0.15) is 0 Å². The maximum atomic E-state index is 11.2. The predicted octanol–water partition coefficient (Wildman–Crippen LogP) is 2.23. The summed E-state index contributed by atoms with van der Waals surface area (Å²) in [7, 11) is 0. The minimum absolute atomic E-state index is 0.0522. The highest BCUT2D eigenvalue weighted by Gasteiger charge is 2.16. The van der Waals surface area contributed by atoms with Crippen LogP contribution in [0.15, 0.2) is 24.4 Å². The molecule has 2 heterocycles. The summed E-state index contributed by atoms with van der Waals surface area (Å²) in [6.07, 6.45) is 5.11. The van der Waals surface area contributed by atoms with E-state index in [1.165, 1.54) is 0 Å². The first-order valence-electron chi connectivity index (χ1n) is 6.65. The van der Waals surface area contributed by atoms with Crippen molar-refractivity contribution in [3.8, 4) is 0 Å². The largest absolute Gasteiger partial charge is 0.361 e. The number of nitrogens with one attached hydrogen (secondary N) is 2. The molecule has 0 saturated carbocycles. The van der Waals surface area contributed by atoms with E-state index in [4.69, 9.17) is 17.3 Å². The number of benzene rings is 1. The van der Waals surface area contributed by atoms with Gasteiger partial charge in [-0.05, 0) is 35.7 Å². The van der Waals surface area contributed by atoms with Gasteiger partial charge in [0, 0.05) is 30.1 Å². The Labute approximate surface area is 122 Å². The Hall–Kier alpha value is -1.78. The van der Waals surface area contributed by atoms with Gasteiger partial charge in [0.05, 0.1) is 5.02 Å². The van der Waals surface area contributed by atoms with Gasteiger partial charge in [-0.1, -0.05) is 23.7 Å². The van der Waals surface area contributed by atoms with Gasteiger partial charge in [0.15, 0.2) is 0 Å². The van der Waals surface area contributed by atoms with E-state index in [2.05, 4.69) is 10.3 Å². The van der Waals surface area contributed by atoms with Crippen molar-refractivity contribution < 1.29 is 4.79 Å². The maximum Gasteiger partial charge on any atom is 0.224 e. The molecule has 0 aliphatic carbocycles. The second-order valence-corrected chi connectivity index (χ2v) is 5.29. The van der Waals surface area contributed by atoms with Gasteiger partial charge < -0.3 is 16.0 Å². The Balaban J connectivity index is 2.10. The van der Waals surface area contributed by atoms with E-state index in [0.717, 1.165) is 39.0 Å². The number of nitrogens with two attached hydrogens (primary N) is 1. The molecule has 4 N–H and O–H groups in total. The quantitative estimate of drug-likeness (QED) is 0.811. The molecule has 2 aromatic rings. The number of fused-ring (bicyclic) bond motifs is 1. The summed E-state index contributed by atoms with van der Waals surface area (Å²) in [6.45, 7) is 1.12. The topological polar surface area (TPSA) is 70.9 Å². The van der Waals surface area contributed by atoms with Crippen molar-refractivity contribution in [1.82, 2.24) is 10.3 Å². The highest BCUT2D eigenvalue weighted by Crippen LogP contribution is 2.34. The number of aromatic amines is 1. The molecule has 20 heavy (non-hydrogen) atoms. The van der Waals surface area contributed by atoms with E-state index in [9.17, 15) is 4.79 Å². The van der Waals surface area contributed by atoms with Crippen LogP contribution < -0.4 is 11.1 Å². The standard InChI is InChI=1S/C15H16ClN3O/c16-15-11(9-1-4-13(20)19-7-9)2-3-12-14(15)10(5-6-17)8-18-12/h1-3,8,18H,4-7,17H2,(H,19,20). The zero-order valence-corrected chi connectivity index (χ0v) is 11.8. The van der Waals surface area contributed by atoms with E-state index in [-0.39, 0.29) is 5.91 Å². The lowest BCUT2D eigenvalue weighted by Crippen LogP contribution is -2.28. The van der Waals surface area contributed by atoms with Crippen molar-refractivity contribution in [3.05, 3.63) is 40.6 Å². The number of halogens is 1. The average Bonchev–Trinajstić information content (AvgIpc) is 2.85. The van der Waals surface area contributed by atoms with Gasteiger partial charge in [-0.2, -0.15) is 0 Å². The Morgan fingerprint density at radius 1 is 1.35 bits per heavy atom. The first-order chi connectivity index (χ1) is 9.70. The lowest BCUT2D eigenvalue weighted by Gasteiger charge is -2.16. The molecule has 0 fully saturated rings. The number of amides is 1. The summed E-state index contributed by atoms with van der Waals surface area (Å²) in [5.41, 5.74) is 9.84. The minimum Gasteiger partial charge on any atom is -0.361 e.